The number of nitrogens with one attached hydrogen (secondary N) is 1. The van der Waals surface area contributed by atoms with E-state index in [0.717, 1.165) is 12.5 Å². The van der Waals surface area contributed by atoms with Crippen molar-refractivity contribution in [2.24, 2.45) is 5.92 Å². The zero-order valence-corrected chi connectivity index (χ0v) is 9.90. The minimum Gasteiger partial charge on any atom is -0.330 e. The van der Waals surface area contributed by atoms with E-state index < -0.39 is 0 Å². The van der Waals surface area contributed by atoms with Gasteiger partial charge in [-0.15, -0.1) is 0 Å². The summed E-state index contributed by atoms with van der Waals surface area (Å²) in [6, 6.07) is 1.24. The Hall–Kier alpha value is -0.830. The monoisotopic (exact) mass is 207 g/mol. The lowest BCUT2D eigenvalue weighted by molar-refractivity contribution is 0.211. The number of aromatic nitrogens is 2. The molecule has 1 aromatic rings. The Morgan fingerprint density at radius 1 is 1.53 bits per heavy atom. The maximum atomic E-state index is 4.25. The molecule has 0 saturated heterocycles. The summed E-state index contributed by atoms with van der Waals surface area (Å²) in [4.78, 5) is 4.25. The highest BCUT2D eigenvalue weighted by Gasteiger charge is 2.27. The van der Waals surface area contributed by atoms with Gasteiger partial charge in [-0.3, -0.25) is 0 Å². The summed E-state index contributed by atoms with van der Waals surface area (Å²) in [6.07, 6.45) is 6.59. The first-order chi connectivity index (χ1) is 7.16. The fraction of sp³-hybridized carbons (Fsp3) is 0.750. The van der Waals surface area contributed by atoms with Crippen LogP contribution in [-0.4, -0.2) is 15.6 Å². The van der Waals surface area contributed by atoms with E-state index in [4.69, 9.17) is 0 Å². The molecule has 1 aromatic heterocycles. The Balaban J connectivity index is 1.96. The number of hydrogen-bond donors (Lipinski definition) is 1. The number of hydrogen-bond acceptors (Lipinski definition) is 2. The average molecular weight is 207 g/mol. The average Bonchev–Trinajstić information content (AvgIpc) is 2.57. The van der Waals surface area contributed by atoms with Crippen LogP contribution in [0.25, 0.3) is 0 Å². The zero-order chi connectivity index (χ0) is 10.8. The van der Waals surface area contributed by atoms with E-state index in [-0.39, 0.29) is 0 Å². The Morgan fingerprint density at radius 2 is 2.27 bits per heavy atom. The highest BCUT2D eigenvalue weighted by atomic mass is 15.1. The molecule has 3 heteroatoms. The lowest BCUT2D eigenvalue weighted by Gasteiger charge is -2.34. The van der Waals surface area contributed by atoms with Crippen LogP contribution in [0.15, 0.2) is 12.5 Å². The topological polar surface area (TPSA) is 29.9 Å². The standard InChI is InChI=1S/C12H21N3/c1-9(2)14-7-12-6-13-8-15(12)11-4-10(3)5-11/h6,8-11,14H,4-5,7H2,1-3H3. The molecule has 0 atom stereocenters. The predicted molar refractivity (Wildman–Crippen MR) is 61.6 cm³/mol. The lowest BCUT2D eigenvalue weighted by Crippen LogP contribution is -2.28. The van der Waals surface area contributed by atoms with Crippen molar-refractivity contribution in [3.8, 4) is 0 Å². The summed E-state index contributed by atoms with van der Waals surface area (Å²) in [6.45, 7) is 7.60. The molecule has 1 fully saturated rings. The van der Waals surface area contributed by atoms with Crippen LogP contribution in [0.3, 0.4) is 0 Å². The fourth-order valence-electron chi connectivity index (χ4n) is 2.19. The molecule has 0 bridgehead atoms. The van der Waals surface area contributed by atoms with Gasteiger partial charge in [-0.05, 0) is 18.8 Å². The zero-order valence-electron chi connectivity index (χ0n) is 9.90. The molecule has 0 amide bonds. The van der Waals surface area contributed by atoms with Gasteiger partial charge in [0.1, 0.15) is 0 Å². The van der Waals surface area contributed by atoms with Crippen LogP contribution in [0.1, 0.15) is 45.3 Å². The molecule has 1 heterocycles. The van der Waals surface area contributed by atoms with E-state index in [2.05, 4.69) is 35.6 Å². The van der Waals surface area contributed by atoms with Crippen LogP contribution in [0.5, 0.6) is 0 Å². The normalized spacial score (nSPS) is 25.6. The van der Waals surface area contributed by atoms with Crippen molar-refractivity contribution in [3.63, 3.8) is 0 Å². The summed E-state index contributed by atoms with van der Waals surface area (Å²) < 4.78 is 2.34. The van der Waals surface area contributed by atoms with E-state index in [1.165, 1.54) is 18.5 Å². The largest absolute Gasteiger partial charge is 0.330 e. The molecule has 15 heavy (non-hydrogen) atoms. The van der Waals surface area contributed by atoms with Crippen molar-refractivity contribution in [1.82, 2.24) is 14.9 Å². The van der Waals surface area contributed by atoms with E-state index in [1.54, 1.807) is 0 Å². The summed E-state index contributed by atoms with van der Waals surface area (Å²) in [5, 5.41) is 3.44. The molecular weight excluding hydrogens is 186 g/mol. The molecule has 1 saturated carbocycles. The Morgan fingerprint density at radius 3 is 2.87 bits per heavy atom. The highest BCUT2D eigenvalue weighted by Crippen LogP contribution is 2.37. The van der Waals surface area contributed by atoms with Gasteiger partial charge < -0.3 is 9.88 Å². The number of nitrogens with zero attached hydrogens (tertiary/aromatic N) is 2. The van der Waals surface area contributed by atoms with E-state index in [1.807, 2.05) is 12.5 Å². The molecule has 0 spiro atoms. The van der Waals surface area contributed by atoms with Crippen LogP contribution in [0, 0.1) is 5.92 Å². The third kappa shape index (κ3) is 2.40. The van der Waals surface area contributed by atoms with Crippen molar-refractivity contribution >= 4 is 0 Å². The predicted octanol–water partition coefficient (Wildman–Crippen LogP) is 2.35. The van der Waals surface area contributed by atoms with Crippen LogP contribution in [-0.2, 0) is 6.54 Å². The summed E-state index contributed by atoms with van der Waals surface area (Å²) in [5.74, 6) is 0.892. The minimum absolute atomic E-state index is 0.536. The SMILES string of the molecule is CC1CC(n2cncc2CNC(C)C)C1. The van der Waals surface area contributed by atoms with Crippen molar-refractivity contribution < 1.29 is 0 Å². The van der Waals surface area contributed by atoms with Gasteiger partial charge in [0.2, 0.25) is 0 Å². The Kier molecular flexibility index (Phi) is 3.10. The van der Waals surface area contributed by atoms with Crippen molar-refractivity contribution in [3.05, 3.63) is 18.2 Å². The van der Waals surface area contributed by atoms with E-state index in [9.17, 15) is 0 Å². The second-order valence-electron chi connectivity index (χ2n) is 5.06. The fourth-order valence-corrected chi connectivity index (χ4v) is 2.19. The van der Waals surface area contributed by atoms with E-state index >= 15 is 0 Å². The summed E-state index contributed by atoms with van der Waals surface area (Å²) in [5.41, 5.74) is 1.32. The third-order valence-electron chi connectivity index (χ3n) is 3.18. The molecule has 0 unspecified atom stereocenters. The van der Waals surface area contributed by atoms with Crippen molar-refractivity contribution in [2.75, 3.05) is 0 Å². The summed E-state index contributed by atoms with van der Waals surface area (Å²) in [7, 11) is 0. The van der Waals surface area contributed by atoms with Gasteiger partial charge in [0.05, 0.1) is 12.0 Å². The van der Waals surface area contributed by atoms with Crippen molar-refractivity contribution in [1.29, 1.82) is 0 Å². The first kappa shape index (κ1) is 10.7. The third-order valence-corrected chi connectivity index (χ3v) is 3.18. The molecule has 0 aromatic carbocycles. The van der Waals surface area contributed by atoms with Gasteiger partial charge in [-0.25, -0.2) is 4.98 Å². The quantitative estimate of drug-likeness (QED) is 0.821. The molecule has 0 radical (unpaired) electrons. The molecule has 3 nitrogen and oxygen atoms in total. The van der Waals surface area contributed by atoms with Gasteiger partial charge >= 0.3 is 0 Å². The molecule has 1 aliphatic rings. The second kappa shape index (κ2) is 4.35. The molecule has 0 aliphatic heterocycles. The molecular formula is C12H21N3. The smallest absolute Gasteiger partial charge is 0.0951 e. The second-order valence-corrected chi connectivity index (χ2v) is 5.06. The number of imidazole rings is 1. The molecule has 84 valence electrons. The van der Waals surface area contributed by atoms with Crippen LogP contribution >= 0.6 is 0 Å². The lowest BCUT2D eigenvalue weighted by atomic mass is 9.81. The molecule has 1 N–H and O–H groups in total. The maximum Gasteiger partial charge on any atom is 0.0951 e. The maximum absolute atomic E-state index is 4.25. The van der Waals surface area contributed by atoms with Gasteiger partial charge in [-0.1, -0.05) is 20.8 Å². The first-order valence-corrected chi connectivity index (χ1v) is 5.91. The van der Waals surface area contributed by atoms with Crippen LogP contribution < -0.4 is 5.32 Å². The van der Waals surface area contributed by atoms with Crippen LogP contribution in [0.2, 0.25) is 0 Å². The highest BCUT2D eigenvalue weighted by molar-refractivity contribution is 5.02. The van der Waals surface area contributed by atoms with Gasteiger partial charge in [0, 0.05) is 24.8 Å². The minimum atomic E-state index is 0.536. The van der Waals surface area contributed by atoms with E-state index in [0.29, 0.717) is 12.1 Å². The Bertz CT molecular complexity index is 310. The molecule has 1 aliphatic carbocycles. The molecule has 2 rings (SSSR count). The summed E-state index contributed by atoms with van der Waals surface area (Å²) >= 11 is 0. The van der Waals surface area contributed by atoms with Crippen molar-refractivity contribution in [2.45, 2.75) is 52.2 Å². The van der Waals surface area contributed by atoms with Gasteiger partial charge in [0.15, 0.2) is 0 Å². The van der Waals surface area contributed by atoms with Gasteiger partial charge in [0.25, 0.3) is 0 Å². The van der Waals surface area contributed by atoms with Crippen LogP contribution in [0.4, 0.5) is 0 Å². The van der Waals surface area contributed by atoms with Gasteiger partial charge in [-0.2, -0.15) is 0 Å². The first-order valence-electron chi connectivity index (χ1n) is 5.91. The number of rotatable bonds is 4. The Labute approximate surface area is 91.9 Å².